The molecule has 4 aliphatic carbocycles. The predicted octanol–water partition coefficient (Wildman–Crippen LogP) is 9.84. The molecular weight excluding hydrogens is 1360 g/mol. The number of fused-ring (bicyclic) bond motifs is 2. The third kappa shape index (κ3) is 17.6. The maximum absolute atomic E-state index is 14.7. The Morgan fingerprint density at radius 2 is 1.56 bits per heavy atom. The van der Waals surface area contributed by atoms with Crippen LogP contribution < -0.4 is 26.2 Å². The van der Waals surface area contributed by atoms with E-state index in [1.807, 2.05) is 65.0 Å². The van der Waals surface area contributed by atoms with Crippen molar-refractivity contribution in [3.8, 4) is 11.1 Å². The average Bonchev–Trinajstić information content (AvgIpc) is 0.768. The maximum Gasteiger partial charge on any atom is 0.409 e. The summed E-state index contributed by atoms with van der Waals surface area (Å²) in [6.07, 6.45) is 12.0. The number of nitrogens with one attached hydrogen (secondary N) is 2. The number of amides is 7. The van der Waals surface area contributed by atoms with Crippen LogP contribution in [-0.4, -0.2) is 165 Å². The molecule has 0 saturated heterocycles. The number of nitrogens with zero attached hydrogens (tertiary/aromatic N) is 8. The number of rotatable bonds is 33. The summed E-state index contributed by atoms with van der Waals surface area (Å²) in [5.74, 6) is -4.39. The Balaban J connectivity index is 0.729. The monoisotopic (exact) mass is 1450 g/mol. The number of primary amides is 1. The number of nitrogens with two attached hydrogens (primary N) is 1. The van der Waals surface area contributed by atoms with Crippen LogP contribution in [0.15, 0.2) is 91.1 Å². The topological polar surface area (TPSA) is 345 Å². The Bertz CT molecular complexity index is 4330. The number of carboxylic acid groups (broad SMARTS) is 1. The number of anilines is 3. The number of benzene rings is 3. The fraction of sp³-hybridized carbons (Fsp3) is 0.507. The number of unbranched alkanes of at least 4 members (excludes halogenated alkanes) is 2. The van der Waals surface area contributed by atoms with E-state index < -0.39 is 69.3 Å². The molecule has 4 bridgehead atoms. The average molecular weight is 1450 g/mol. The lowest BCUT2D eigenvalue weighted by molar-refractivity contribution is -0.248. The Labute approximate surface area is 603 Å². The van der Waals surface area contributed by atoms with Crippen molar-refractivity contribution in [3.63, 3.8) is 0 Å². The number of carbonyl (C=O) groups excluding carboxylic acids is 7. The first kappa shape index (κ1) is 75.2. The molecule has 7 amide bonds. The van der Waals surface area contributed by atoms with E-state index >= 15 is 0 Å². The summed E-state index contributed by atoms with van der Waals surface area (Å²) in [5, 5.41) is 22.1. The van der Waals surface area contributed by atoms with E-state index in [1.165, 1.54) is 40.2 Å². The van der Waals surface area contributed by atoms with Gasteiger partial charge in [-0.25, -0.2) is 19.6 Å². The minimum absolute atomic E-state index is 0.0382. The van der Waals surface area contributed by atoms with Crippen LogP contribution in [0.2, 0.25) is 0 Å². The summed E-state index contributed by atoms with van der Waals surface area (Å²) >= 11 is 1.41. The van der Waals surface area contributed by atoms with Crippen molar-refractivity contribution in [1.82, 2.24) is 34.9 Å². The molecule has 2 unspecified atom stereocenters. The zero-order chi connectivity index (χ0) is 73.8. The molecule has 12 rings (SSSR count). The number of likely N-dealkylation sites (N-methyl/N-ethyl adjacent to an activating group) is 1. The van der Waals surface area contributed by atoms with Gasteiger partial charge in [-0.05, 0) is 178 Å². The molecule has 6 aliphatic rings. The number of aromatic carboxylic acids is 1. The molecule has 103 heavy (non-hydrogen) atoms. The number of thiazole rings is 1. The second kappa shape index (κ2) is 31.2. The number of para-hydroxylation sites is 1. The highest BCUT2D eigenvalue weighted by Gasteiger charge is 2.66. The molecule has 4 saturated carbocycles. The molecule has 4 atom stereocenters. The molecule has 2 aliphatic heterocycles. The number of ether oxygens (including phenoxy) is 3. The minimum atomic E-state index is -4.17. The molecule has 3 aromatic carbocycles. The smallest absolute Gasteiger partial charge is 0.409 e. The number of carbonyl (C=O) groups is 8. The van der Waals surface area contributed by atoms with Crippen molar-refractivity contribution in [1.29, 1.82) is 0 Å². The van der Waals surface area contributed by atoms with Crippen molar-refractivity contribution in [2.24, 2.45) is 27.9 Å². The summed E-state index contributed by atoms with van der Waals surface area (Å²) in [7, 11) is -2.53. The van der Waals surface area contributed by atoms with E-state index in [4.69, 9.17) is 30.0 Å². The highest BCUT2D eigenvalue weighted by atomic mass is 32.2. The first-order chi connectivity index (χ1) is 48.9. The van der Waals surface area contributed by atoms with Crippen LogP contribution in [0.4, 0.5) is 21.4 Å². The van der Waals surface area contributed by atoms with Crippen LogP contribution in [0, 0.1) is 29.1 Å². The van der Waals surface area contributed by atoms with Gasteiger partial charge < -0.3 is 40.2 Å². The van der Waals surface area contributed by atoms with Crippen LogP contribution in [0.3, 0.4) is 0 Å². The van der Waals surface area contributed by atoms with Gasteiger partial charge in [0.2, 0.25) is 11.8 Å². The maximum atomic E-state index is 14.7. The van der Waals surface area contributed by atoms with E-state index in [2.05, 4.69) is 29.5 Å². The molecule has 6 aromatic rings. The first-order valence-electron chi connectivity index (χ1n) is 35.3. The Kier molecular flexibility index (Phi) is 22.8. The van der Waals surface area contributed by atoms with Gasteiger partial charge in [0.25, 0.3) is 33.7 Å². The van der Waals surface area contributed by atoms with Crippen molar-refractivity contribution < 1.29 is 70.6 Å². The van der Waals surface area contributed by atoms with Gasteiger partial charge >= 0.3 is 12.1 Å². The van der Waals surface area contributed by atoms with E-state index in [0.29, 0.717) is 103 Å². The van der Waals surface area contributed by atoms with Gasteiger partial charge in [0, 0.05) is 99.6 Å². The first-order valence-corrected chi connectivity index (χ1v) is 37.8. The highest BCUT2D eigenvalue weighted by Crippen LogP contribution is 2.72. The van der Waals surface area contributed by atoms with Gasteiger partial charge in [-0.1, -0.05) is 75.8 Å². The van der Waals surface area contributed by atoms with Gasteiger partial charge in [-0.3, -0.25) is 53.1 Å². The van der Waals surface area contributed by atoms with Crippen molar-refractivity contribution in [3.05, 3.63) is 130 Å². The summed E-state index contributed by atoms with van der Waals surface area (Å²) in [4.78, 5) is 121. The number of aryl methyl sites for hydroxylation is 1. The molecule has 4 fully saturated rings. The van der Waals surface area contributed by atoms with Crippen molar-refractivity contribution >= 4 is 95.8 Å². The number of hydrogen-bond acceptors (Lipinski definition) is 18. The predicted molar refractivity (Wildman–Crippen MR) is 388 cm³/mol. The second-order valence-corrected chi connectivity index (χ2v) is 32.4. The number of carboxylic acids is 1. The number of pyridine rings is 1. The van der Waals surface area contributed by atoms with Crippen LogP contribution in [0.25, 0.3) is 21.3 Å². The Morgan fingerprint density at radius 1 is 0.825 bits per heavy atom. The number of aromatic nitrogens is 4. The van der Waals surface area contributed by atoms with Gasteiger partial charge in [0.05, 0.1) is 34.4 Å². The van der Waals surface area contributed by atoms with Crippen LogP contribution in [0.5, 0.6) is 0 Å². The quantitative estimate of drug-likeness (QED) is 0.0145. The lowest BCUT2D eigenvalue weighted by atomic mass is 9.39. The lowest BCUT2D eigenvalue weighted by Crippen LogP contribution is -2.64. The number of hydrogen-bond donors (Lipinski definition) is 5. The molecule has 6 N–H and O–H groups in total. The van der Waals surface area contributed by atoms with Gasteiger partial charge in [0.15, 0.2) is 10.8 Å². The molecule has 28 heteroatoms. The normalized spacial score (nSPS) is 21.1. The Morgan fingerprint density at radius 3 is 2.27 bits per heavy atom. The van der Waals surface area contributed by atoms with E-state index in [0.717, 1.165) is 70.5 Å². The third-order valence-corrected chi connectivity index (χ3v) is 22.6. The molecule has 550 valence electrons. The fourth-order valence-corrected chi connectivity index (χ4v) is 18.4. The summed E-state index contributed by atoms with van der Waals surface area (Å²) < 4.78 is 53.5. The third-order valence-electron chi connectivity index (χ3n) is 20.8. The molecular formula is C75H93N11O15S2. The van der Waals surface area contributed by atoms with E-state index in [1.54, 1.807) is 51.4 Å². The van der Waals surface area contributed by atoms with E-state index in [9.17, 15) is 56.4 Å². The Hall–Kier alpha value is -8.96. The zero-order valence-corrected chi connectivity index (χ0v) is 61.2. The standard InChI is InChI=1S/C75H93N11O15S2/c1-47(2)64(80-61(87)21-9-8-12-29-84-62(88)26-27-63(84)89)68(92)86(49(4)66(76)90)53-23-22-52(51(36-53)17-14-32-99-33-15-35-103(96,97)98)39-100-71(95)82(7)31-34-101-75-43-72(5)40-73(6,44-75)42-74(41-72,45-75)46-85-48(3)56(37-77-85)54-24-25-60(79-65(54)69(93)94)83-30-28-50-16-13-18-55(57(50)38-83)67(91)81-70-78-58-19-10-11-20-59(58)102-70/h10-11,13,16,18-20,22-27,36-37,47,49,64H,8-9,12,14-15,17,21,28-35,38-46H2,1-7H3,(H2,76,90)(H,80,87)(H,93,94)(H,78,81,91)(H,96,97,98)/t49-,64-,72?,73?,74?,75?/m0/s1. The SMILES string of the molecule is Cc1c(-c2ccc(N3CCc4cccc(C(=O)Nc5nc6ccccc6s5)c4C3)nc2C(=O)O)cnn1CC12CC3(C)CC(C)(C1)CC(OCCN(C)C(=O)OCc1ccc(N(C(=O)[C@@H](NC(=O)CCCCCN4C(=O)C=CC4=O)C(C)C)[C@@H](C)C(N)=O)cc1CCCOCCCS(=O)(=O)O)(C3)C2. The van der Waals surface area contributed by atoms with E-state index in [-0.39, 0.29) is 92.0 Å². The summed E-state index contributed by atoms with van der Waals surface area (Å²) in [6, 6.07) is 19.9. The summed E-state index contributed by atoms with van der Waals surface area (Å²) in [5.41, 5.74) is 11.7. The minimum Gasteiger partial charge on any atom is -0.476 e. The zero-order valence-electron chi connectivity index (χ0n) is 59.5. The molecule has 26 nitrogen and oxygen atoms in total. The highest BCUT2D eigenvalue weighted by molar-refractivity contribution is 7.85. The number of imide groups is 1. The second-order valence-electron chi connectivity index (χ2n) is 29.8. The van der Waals surface area contributed by atoms with Crippen LogP contribution >= 0.6 is 11.3 Å². The molecule has 0 radical (unpaired) electrons. The van der Waals surface area contributed by atoms with Gasteiger partial charge in [-0.2, -0.15) is 13.5 Å². The molecule has 0 spiro atoms. The fourth-order valence-electron chi connectivity index (χ4n) is 17.1. The van der Waals surface area contributed by atoms with Crippen LogP contribution in [-0.2, 0) is 80.8 Å². The largest absolute Gasteiger partial charge is 0.476 e. The molecule has 5 heterocycles. The van der Waals surface area contributed by atoms with Crippen molar-refractivity contribution in [2.45, 2.75) is 169 Å². The summed E-state index contributed by atoms with van der Waals surface area (Å²) in [6.45, 7) is 14.0. The van der Waals surface area contributed by atoms with Crippen molar-refractivity contribution in [2.75, 3.05) is 67.4 Å². The van der Waals surface area contributed by atoms with Gasteiger partial charge in [-0.15, -0.1) is 0 Å². The van der Waals surface area contributed by atoms with Crippen LogP contribution in [0.1, 0.15) is 160 Å². The molecule has 3 aromatic heterocycles. The van der Waals surface area contributed by atoms with Gasteiger partial charge in [0.1, 0.15) is 24.5 Å². The lowest BCUT2D eigenvalue weighted by Gasteiger charge is -2.69.